The maximum Gasteiger partial charge on any atom is 0.495 e. The monoisotopic (exact) mass is 395 g/mol. The van der Waals surface area contributed by atoms with Gasteiger partial charge < -0.3 is 19.4 Å². The number of amides is 1. The summed E-state index contributed by atoms with van der Waals surface area (Å²) in [7, 11) is -0.386. The summed E-state index contributed by atoms with van der Waals surface area (Å²) >= 11 is 0. The summed E-state index contributed by atoms with van der Waals surface area (Å²) in [5.74, 6) is 0.660. The molecule has 2 aromatic carbocycles. The first-order chi connectivity index (χ1) is 13.6. The van der Waals surface area contributed by atoms with Crippen LogP contribution in [0.4, 0.5) is 0 Å². The predicted octanol–water partition coefficient (Wildman–Crippen LogP) is 3.41. The summed E-state index contributed by atoms with van der Waals surface area (Å²) in [6.07, 6.45) is 0. The number of nitrogens with one attached hydrogen (secondary N) is 1. The Balaban J connectivity index is 1.52. The van der Waals surface area contributed by atoms with Crippen molar-refractivity contribution in [3.8, 4) is 5.75 Å². The molecule has 1 amide bonds. The van der Waals surface area contributed by atoms with Gasteiger partial charge in [-0.25, -0.2) is 0 Å². The molecule has 0 spiro atoms. The summed E-state index contributed by atoms with van der Waals surface area (Å²) in [4.78, 5) is 12.1. The van der Waals surface area contributed by atoms with E-state index in [0.717, 1.165) is 22.3 Å². The number of aryl methyl sites for hydroxylation is 2. The maximum absolute atomic E-state index is 12.1. The van der Waals surface area contributed by atoms with Gasteiger partial charge in [-0.3, -0.25) is 4.79 Å². The molecule has 1 heterocycles. The first-order valence-corrected chi connectivity index (χ1v) is 10.0. The lowest BCUT2D eigenvalue weighted by atomic mass is 9.76. The molecule has 1 fully saturated rings. The molecular formula is C23H30BNO4. The molecule has 5 nitrogen and oxygen atoms in total. The van der Waals surface area contributed by atoms with Gasteiger partial charge in [-0.05, 0) is 76.8 Å². The maximum atomic E-state index is 12.1. The van der Waals surface area contributed by atoms with E-state index in [4.69, 9.17) is 14.0 Å². The Morgan fingerprint density at radius 2 is 1.62 bits per heavy atom. The van der Waals surface area contributed by atoms with E-state index in [0.29, 0.717) is 18.7 Å². The highest BCUT2D eigenvalue weighted by atomic mass is 16.7. The van der Waals surface area contributed by atoms with Gasteiger partial charge in [0, 0.05) is 5.56 Å². The molecule has 1 saturated heterocycles. The summed E-state index contributed by atoms with van der Waals surface area (Å²) in [6, 6.07) is 13.4. The second kappa shape index (κ2) is 8.21. The van der Waals surface area contributed by atoms with E-state index in [1.54, 1.807) is 0 Å². The smallest absolute Gasteiger partial charge is 0.492 e. The molecule has 0 unspecified atom stereocenters. The van der Waals surface area contributed by atoms with Crippen molar-refractivity contribution in [2.45, 2.75) is 52.7 Å². The van der Waals surface area contributed by atoms with E-state index >= 15 is 0 Å². The molecule has 154 valence electrons. The van der Waals surface area contributed by atoms with Crippen LogP contribution in [-0.2, 0) is 9.31 Å². The average molecular weight is 395 g/mol. The number of hydrogen-bond acceptors (Lipinski definition) is 4. The van der Waals surface area contributed by atoms with Gasteiger partial charge >= 0.3 is 7.12 Å². The Kier molecular flexibility index (Phi) is 6.06. The lowest BCUT2D eigenvalue weighted by Crippen LogP contribution is -2.41. The van der Waals surface area contributed by atoms with Crippen LogP contribution < -0.4 is 15.5 Å². The molecule has 0 aliphatic carbocycles. The van der Waals surface area contributed by atoms with Crippen LogP contribution in [0.1, 0.15) is 49.2 Å². The molecule has 0 atom stereocenters. The molecule has 0 radical (unpaired) electrons. The quantitative estimate of drug-likeness (QED) is 0.602. The van der Waals surface area contributed by atoms with E-state index in [1.165, 1.54) is 0 Å². The Bertz CT molecular complexity index is 861. The van der Waals surface area contributed by atoms with Crippen LogP contribution in [0.25, 0.3) is 0 Å². The second-order valence-corrected chi connectivity index (χ2v) is 8.58. The minimum Gasteiger partial charge on any atom is -0.492 e. The van der Waals surface area contributed by atoms with Crippen molar-refractivity contribution in [3.63, 3.8) is 0 Å². The van der Waals surface area contributed by atoms with Crippen molar-refractivity contribution in [2.24, 2.45) is 0 Å². The summed E-state index contributed by atoms with van der Waals surface area (Å²) < 4.78 is 18.1. The Hall–Kier alpha value is -2.31. The van der Waals surface area contributed by atoms with Gasteiger partial charge in [0.15, 0.2) is 0 Å². The van der Waals surface area contributed by atoms with E-state index in [2.05, 4.69) is 5.32 Å². The van der Waals surface area contributed by atoms with Crippen LogP contribution in [0.15, 0.2) is 42.5 Å². The molecule has 1 aliphatic rings. The fourth-order valence-corrected chi connectivity index (χ4v) is 3.11. The Morgan fingerprint density at radius 3 is 2.21 bits per heavy atom. The molecular weight excluding hydrogens is 365 g/mol. The van der Waals surface area contributed by atoms with Gasteiger partial charge in [0.25, 0.3) is 5.91 Å². The van der Waals surface area contributed by atoms with Crippen LogP contribution in [0.5, 0.6) is 5.75 Å². The zero-order valence-corrected chi connectivity index (χ0v) is 18.2. The highest BCUT2D eigenvalue weighted by molar-refractivity contribution is 6.62. The molecule has 0 aromatic heterocycles. The highest BCUT2D eigenvalue weighted by Crippen LogP contribution is 2.36. The molecule has 2 aromatic rings. The van der Waals surface area contributed by atoms with Crippen LogP contribution >= 0.6 is 0 Å². The highest BCUT2D eigenvalue weighted by Gasteiger charge is 2.52. The zero-order valence-electron chi connectivity index (χ0n) is 18.2. The third-order valence-electron chi connectivity index (χ3n) is 5.72. The number of carbonyl (C=O) groups is 1. The van der Waals surface area contributed by atoms with Crippen molar-refractivity contribution < 1.29 is 18.8 Å². The third kappa shape index (κ3) is 4.82. The summed E-state index contributed by atoms with van der Waals surface area (Å²) in [6.45, 7) is 13.0. The van der Waals surface area contributed by atoms with E-state index < -0.39 is 0 Å². The zero-order chi connectivity index (χ0) is 21.2. The van der Waals surface area contributed by atoms with Crippen molar-refractivity contribution in [1.29, 1.82) is 0 Å². The van der Waals surface area contributed by atoms with Crippen LogP contribution in [0.3, 0.4) is 0 Å². The van der Waals surface area contributed by atoms with Crippen LogP contribution in [0, 0.1) is 13.8 Å². The number of benzene rings is 2. The Morgan fingerprint density at radius 1 is 1.00 bits per heavy atom. The minimum absolute atomic E-state index is 0.0964. The van der Waals surface area contributed by atoms with Crippen molar-refractivity contribution >= 4 is 18.5 Å². The van der Waals surface area contributed by atoms with Gasteiger partial charge in [0.2, 0.25) is 0 Å². The molecule has 1 N–H and O–H groups in total. The number of ether oxygens (including phenoxy) is 1. The molecule has 1 aliphatic heterocycles. The van der Waals surface area contributed by atoms with Crippen LogP contribution in [-0.4, -0.2) is 37.4 Å². The molecule has 29 heavy (non-hydrogen) atoms. The minimum atomic E-state index is -0.386. The fourth-order valence-electron chi connectivity index (χ4n) is 3.11. The summed E-state index contributed by atoms with van der Waals surface area (Å²) in [5.41, 5.74) is 3.10. The largest absolute Gasteiger partial charge is 0.495 e. The number of rotatable bonds is 6. The molecule has 6 heteroatoms. The summed E-state index contributed by atoms with van der Waals surface area (Å²) in [5, 5.41) is 2.87. The van der Waals surface area contributed by atoms with Gasteiger partial charge in [0.05, 0.1) is 17.7 Å². The second-order valence-electron chi connectivity index (χ2n) is 8.58. The van der Waals surface area contributed by atoms with Crippen molar-refractivity contribution in [2.75, 3.05) is 13.2 Å². The normalized spacial score (nSPS) is 17.2. The lowest BCUT2D eigenvalue weighted by Gasteiger charge is -2.32. The fraction of sp³-hybridized carbons (Fsp3) is 0.435. The lowest BCUT2D eigenvalue weighted by molar-refractivity contribution is 0.00578. The predicted molar refractivity (Wildman–Crippen MR) is 116 cm³/mol. The van der Waals surface area contributed by atoms with E-state index in [1.807, 2.05) is 84.0 Å². The van der Waals surface area contributed by atoms with Gasteiger partial charge in [0.1, 0.15) is 12.4 Å². The van der Waals surface area contributed by atoms with E-state index in [9.17, 15) is 4.79 Å². The molecule has 0 saturated carbocycles. The van der Waals surface area contributed by atoms with Crippen LogP contribution in [0.2, 0.25) is 0 Å². The SMILES string of the molecule is Cc1ccc(C(=O)NCCOc2ccc(B3OC(C)(C)C(C)(C)O3)c(C)c2)cc1. The topological polar surface area (TPSA) is 56.8 Å². The average Bonchev–Trinajstić information content (AvgIpc) is 2.86. The number of carbonyl (C=O) groups excluding carboxylic acids is 1. The van der Waals surface area contributed by atoms with E-state index in [-0.39, 0.29) is 24.2 Å². The third-order valence-corrected chi connectivity index (χ3v) is 5.72. The van der Waals surface area contributed by atoms with Gasteiger partial charge in [-0.2, -0.15) is 0 Å². The van der Waals surface area contributed by atoms with Gasteiger partial charge in [-0.15, -0.1) is 0 Å². The Labute approximate surface area is 173 Å². The van der Waals surface area contributed by atoms with Crippen molar-refractivity contribution in [3.05, 3.63) is 59.2 Å². The standard InChI is InChI=1S/C23H30BNO4/c1-16-7-9-18(10-8-16)21(26)25-13-14-27-19-11-12-20(17(2)15-19)24-28-22(3,4)23(5,6)29-24/h7-12,15H,13-14H2,1-6H3,(H,25,26). The van der Waals surface area contributed by atoms with Crippen molar-refractivity contribution in [1.82, 2.24) is 5.32 Å². The molecule has 0 bridgehead atoms. The number of hydrogen-bond donors (Lipinski definition) is 1. The first-order valence-electron chi connectivity index (χ1n) is 10.0. The van der Waals surface area contributed by atoms with Gasteiger partial charge in [-0.1, -0.05) is 23.8 Å². The first kappa shape index (κ1) is 21.4. The molecule has 3 rings (SSSR count).